The fourth-order valence-electron chi connectivity index (χ4n) is 3.91. The smallest absolute Gasteiger partial charge is 0.236 e. The van der Waals surface area contributed by atoms with E-state index < -0.39 is 0 Å². The number of morpholine rings is 1. The zero-order valence-electron chi connectivity index (χ0n) is 15.9. The Labute approximate surface area is 170 Å². The van der Waals surface area contributed by atoms with Crippen LogP contribution in [-0.4, -0.2) is 71.6 Å². The van der Waals surface area contributed by atoms with E-state index in [1.165, 1.54) is 0 Å². The van der Waals surface area contributed by atoms with E-state index >= 15 is 0 Å². The Kier molecular flexibility index (Phi) is 6.20. The number of rotatable bonds is 4. The summed E-state index contributed by atoms with van der Waals surface area (Å²) in [6.45, 7) is 4.93. The highest BCUT2D eigenvalue weighted by atomic mass is 35.5. The molecule has 1 aromatic carbocycles. The molecule has 1 amide bonds. The second kappa shape index (κ2) is 8.99. The van der Waals surface area contributed by atoms with Gasteiger partial charge in [0.2, 0.25) is 5.91 Å². The number of amides is 1. The van der Waals surface area contributed by atoms with Crippen molar-refractivity contribution in [2.75, 3.05) is 45.9 Å². The van der Waals surface area contributed by atoms with Gasteiger partial charge in [-0.1, -0.05) is 23.7 Å². The third-order valence-electron chi connectivity index (χ3n) is 5.42. The van der Waals surface area contributed by atoms with E-state index in [1.807, 2.05) is 35.4 Å². The number of likely N-dealkylation sites (tertiary alicyclic amines) is 1. The van der Waals surface area contributed by atoms with Crippen LogP contribution in [-0.2, 0) is 9.53 Å². The van der Waals surface area contributed by atoms with E-state index in [2.05, 4.69) is 9.88 Å². The van der Waals surface area contributed by atoms with Crippen LogP contribution in [0, 0.1) is 0 Å². The number of halogens is 1. The Morgan fingerprint density at radius 1 is 1.21 bits per heavy atom. The van der Waals surface area contributed by atoms with Crippen molar-refractivity contribution < 1.29 is 9.53 Å². The molecule has 0 spiro atoms. The predicted molar refractivity (Wildman–Crippen MR) is 108 cm³/mol. The van der Waals surface area contributed by atoms with Crippen molar-refractivity contribution in [1.29, 1.82) is 0 Å². The van der Waals surface area contributed by atoms with Gasteiger partial charge < -0.3 is 9.64 Å². The SMILES string of the molecule is O=C(CN1CCC[C@@H](c2cncc(-c3cccc(Cl)c3)n2)C1)N1CCOCC1. The highest BCUT2D eigenvalue weighted by molar-refractivity contribution is 6.30. The molecule has 148 valence electrons. The summed E-state index contributed by atoms with van der Waals surface area (Å²) in [5.41, 5.74) is 2.79. The molecule has 1 aromatic heterocycles. The quantitative estimate of drug-likeness (QED) is 0.789. The minimum atomic E-state index is 0.197. The van der Waals surface area contributed by atoms with Crippen molar-refractivity contribution in [3.63, 3.8) is 0 Å². The molecule has 0 N–H and O–H groups in total. The normalized spacial score (nSPS) is 20.9. The zero-order valence-corrected chi connectivity index (χ0v) is 16.6. The molecule has 2 fully saturated rings. The average Bonchev–Trinajstić information content (AvgIpc) is 2.75. The Balaban J connectivity index is 1.43. The van der Waals surface area contributed by atoms with Crippen molar-refractivity contribution in [3.05, 3.63) is 47.4 Å². The summed E-state index contributed by atoms with van der Waals surface area (Å²) in [5.74, 6) is 0.487. The number of carbonyl (C=O) groups is 1. The van der Waals surface area contributed by atoms with Gasteiger partial charge in [0.25, 0.3) is 0 Å². The molecule has 4 rings (SSSR count). The van der Waals surface area contributed by atoms with E-state index in [4.69, 9.17) is 21.3 Å². The predicted octanol–water partition coefficient (Wildman–Crippen LogP) is 2.84. The molecule has 1 atom stereocenters. The summed E-state index contributed by atoms with van der Waals surface area (Å²) in [5, 5.41) is 0.690. The van der Waals surface area contributed by atoms with Gasteiger partial charge in [0.15, 0.2) is 0 Å². The van der Waals surface area contributed by atoms with Gasteiger partial charge in [0, 0.05) is 42.3 Å². The van der Waals surface area contributed by atoms with Gasteiger partial charge >= 0.3 is 0 Å². The van der Waals surface area contributed by atoms with Gasteiger partial charge in [-0.15, -0.1) is 0 Å². The average molecular weight is 401 g/mol. The molecular weight excluding hydrogens is 376 g/mol. The van der Waals surface area contributed by atoms with Crippen molar-refractivity contribution in [3.8, 4) is 11.3 Å². The van der Waals surface area contributed by atoms with Gasteiger partial charge in [-0.2, -0.15) is 0 Å². The van der Waals surface area contributed by atoms with Crippen LogP contribution in [0.3, 0.4) is 0 Å². The Bertz CT molecular complexity index is 826. The second-order valence-electron chi connectivity index (χ2n) is 7.41. The van der Waals surface area contributed by atoms with Gasteiger partial charge in [-0.25, -0.2) is 4.98 Å². The Morgan fingerprint density at radius 2 is 2.07 bits per heavy atom. The van der Waals surface area contributed by atoms with Crippen molar-refractivity contribution in [2.24, 2.45) is 0 Å². The first kappa shape index (κ1) is 19.3. The maximum Gasteiger partial charge on any atom is 0.236 e. The third-order valence-corrected chi connectivity index (χ3v) is 5.66. The van der Waals surface area contributed by atoms with Crippen LogP contribution in [0.15, 0.2) is 36.7 Å². The van der Waals surface area contributed by atoms with Crippen LogP contribution >= 0.6 is 11.6 Å². The second-order valence-corrected chi connectivity index (χ2v) is 7.84. The number of aromatic nitrogens is 2. The Morgan fingerprint density at radius 3 is 2.89 bits per heavy atom. The maximum absolute atomic E-state index is 12.6. The molecule has 0 bridgehead atoms. The van der Waals surface area contributed by atoms with E-state index in [-0.39, 0.29) is 11.8 Å². The summed E-state index contributed by atoms with van der Waals surface area (Å²) in [6, 6.07) is 7.68. The van der Waals surface area contributed by atoms with Crippen molar-refractivity contribution >= 4 is 17.5 Å². The number of carbonyl (C=O) groups excluding carboxylic acids is 1. The maximum atomic E-state index is 12.6. The van der Waals surface area contributed by atoms with Crippen molar-refractivity contribution in [2.45, 2.75) is 18.8 Å². The highest BCUT2D eigenvalue weighted by Gasteiger charge is 2.26. The number of hydrogen-bond donors (Lipinski definition) is 0. The minimum Gasteiger partial charge on any atom is -0.378 e. The molecule has 28 heavy (non-hydrogen) atoms. The molecule has 3 heterocycles. The lowest BCUT2D eigenvalue weighted by Gasteiger charge is -2.34. The first-order chi connectivity index (χ1) is 13.7. The number of benzene rings is 1. The third kappa shape index (κ3) is 4.69. The molecule has 2 aromatic rings. The van der Waals surface area contributed by atoms with Crippen molar-refractivity contribution in [1.82, 2.24) is 19.8 Å². The van der Waals surface area contributed by atoms with E-state index in [0.29, 0.717) is 37.9 Å². The molecule has 2 saturated heterocycles. The first-order valence-corrected chi connectivity index (χ1v) is 10.2. The molecule has 0 aliphatic carbocycles. The van der Waals surface area contributed by atoms with E-state index in [9.17, 15) is 4.79 Å². The lowest BCUT2D eigenvalue weighted by molar-refractivity contribution is -0.136. The van der Waals surface area contributed by atoms with Crippen LogP contribution in [0.25, 0.3) is 11.3 Å². The van der Waals surface area contributed by atoms with Gasteiger partial charge in [-0.05, 0) is 31.5 Å². The minimum absolute atomic E-state index is 0.197. The topological polar surface area (TPSA) is 58.6 Å². The number of hydrogen-bond acceptors (Lipinski definition) is 5. The lowest BCUT2D eigenvalue weighted by atomic mass is 9.94. The van der Waals surface area contributed by atoms with Gasteiger partial charge in [0.1, 0.15) is 0 Å². The van der Waals surface area contributed by atoms with Gasteiger partial charge in [-0.3, -0.25) is 14.7 Å². The summed E-state index contributed by atoms with van der Waals surface area (Å²) < 4.78 is 5.34. The zero-order chi connectivity index (χ0) is 19.3. The molecule has 0 saturated carbocycles. The van der Waals surface area contributed by atoms with Crippen LogP contribution in [0.5, 0.6) is 0 Å². The summed E-state index contributed by atoms with van der Waals surface area (Å²) in [4.78, 5) is 26.0. The van der Waals surface area contributed by atoms with E-state index in [1.54, 1.807) is 6.20 Å². The summed E-state index contributed by atoms with van der Waals surface area (Å²) in [7, 11) is 0. The van der Waals surface area contributed by atoms with Crippen LogP contribution in [0.4, 0.5) is 0 Å². The number of nitrogens with zero attached hydrogens (tertiary/aromatic N) is 4. The molecule has 2 aliphatic rings. The van der Waals surface area contributed by atoms with Crippen LogP contribution in [0.2, 0.25) is 5.02 Å². The highest BCUT2D eigenvalue weighted by Crippen LogP contribution is 2.27. The Hall–Kier alpha value is -2.02. The first-order valence-electron chi connectivity index (χ1n) is 9.85. The number of ether oxygens (including phenoxy) is 1. The van der Waals surface area contributed by atoms with Crippen LogP contribution in [0.1, 0.15) is 24.5 Å². The molecule has 0 radical (unpaired) electrons. The molecule has 7 heteroatoms. The lowest BCUT2D eigenvalue weighted by Crippen LogP contribution is -2.47. The summed E-state index contributed by atoms with van der Waals surface area (Å²) >= 11 is 6.12. The van der Waals surface area contributed by atoms with Gasteiger partial charge in [0.05, 0.1) is 37.3 Å². The van der Waals surface area contributed by atoms with E-state index in [0.717, 1.165) is 42.9 Å². The summed E-state index contributed by atoms with van der Waals surface area (Å²) in [6.07, 6.45) is 5.75. The molecular formula is C21H25ClN4O2. The monoisotopic (exact) mass is 400 g/mol. The molecule has 0 unspecified atom stereocenters. The fraction of sp³-hybridized carbons (Fsp3) is 0.476. The van der Waals surface area contributed by atoms with Crippen LogP contribution < -0.4 is 0 Å². The standard InChI is InChI=1S/C21H25ClN4O2/c22-18-5-1-3-16(11-18)19-12-23-13-20(24-19)17-4-2-6-25(14-17)15-21(27)26-7-9-28-10-8-26/h1,3,5,11-13,17H,2,4,6-10,14-15H2/t17-/m1/s1. The number of piperidine rings is 1. The fourth-order valence-corrected chi connectivity index (χ4v) is 4.10. The molecule has 2 aliphatic heterocycles. The molecule has 6 nitrogen and oxygen atoms in total. The largest absolute Gasteiger partial charge is 0.378 e.